The van der Waals surface area contributed by atoms with Crippen LogP contribution in [0.5, 0.6) is 0 Å². The standard InChI is InChI=1S/C25H75N16OP5/c1-30(2)44(31(3)4,32(5)6)26-43(27-45(33(7)8,34(9)10)35(11)12,28-46(36(13)14,37(15)16)38(17)18)29-47(39(19)20,40(21)22)41(23)24-25-42/h42-43H,24-25H2,1-23H3. The van der Waals surface area contributed by atoms with E-state index in [0.717, 1.165) is 0 Å². The Morgan fingerprint density at radius 1 is 0.340 bits per heavy atom. The molecule has 0 rings (SSSR count). The van der Waals surface area contributed by atoms with Gasteiger partial charge in [0.15, 0.2) is 0 Å². The second-order valence-electron chi connectivity index (χ2n) is 13.6. The fourth-order valence-corrected chi connectivity index (χ4v) is 32.5. The van der Waals surface area contributed by atoms with Crippen molar-refractivity contribution in [2.24, 2.45) is 18.1 Å². The molecule has 0 aliphatic rings. The zero-order valence-electron chi connectivity index (χ0n) is 34.3. The number of aliphatic hydroxyl groups is 1. The SMILES string of the molecule is CN(C)P(=N[PH](N=P(N(C)C)(N(C)C)N(C)C)(N=P(N(C)C)(N(C)C)N(C)C)N=P(N(C)C)(N(C)C)N(C)CCO)(N(C)C)N(C)C. The Kier molecular flexibility index (Phi) is 18.9. The van der Waals surface area contributed by atoms with E-state index in [1.807, 2.05) is 7.05 Å². The van der Waals surface area contributed by atoms with Crippen molar-refractivity contribution >= 4 is 37.9 Å². The Morgan fingerprint density at radius 2 is 0.511 bits per heavy atom. The van der Waals surface area contributed by atoms with E-state index in [-0.39, 0.29) is 6.61 Å². The number of likely N-dealkylation sites (N-methyl/N-ethyl adjacent to an activating group) is 1. The van der Waals surface area contributed by atoms with Crippen molar-refractivity contribution in [3.05, 3.63) is 0 Å². The van der Waals surface area contributed by atoms with E-state index in [2.05, 4.69) is 211 Å². The zero-order chi connectivity index (χ0) is 37.7. The molecule has 0 aromatic heterocycles. The van der Waals surface area contributed by atoms with Gasteiger partial charge in [-0.2, -0.15) is 0 Å². The van der Waals surface area contributed by atoms with E-state index in [9.17, 15) is 5.11 Å². The van der Waals surface area contributed by atoms with Crippen LogP contribution in [-0.4, -0.2) is 236 Å². The average Bonchev–Trinajstić information content (AvgIpc) is 2.89. The van der Waals surface area contributed by atoms with Crippen LogP contribution in [0, 0.1) is 0 Å². The van der Waals surface area contributed by atoms with Gasteiger partial charge in [-0.3, -0.25) is 0 Å². The van der Waals surface area contributed by atoms with Crippen LogP contribution in [0.25, 0.3) is 0 Å². The van der Waals surface area contributed by atoms with E-state index in [1.165, 1.54) is 0 Å². The van der Waals surface area contributed by atoms with E-state index in [0.29, 0.717) is 6.54 Å². The van der Waals surface area contributed by atoms with Crippen molar-refractivity contribution in [1.29, 1.82) is 0 Å². The molecule has 0 heterocycles. The predicted octanol–water partition coefficient (Wildman–Crippen LogP) is 4.28. The summed E-state index contributed by atoms with van der Waals surface area (Å²) in [6.45, 7) is 0.422. The van der Waals surface area contributed by atoms with Gasteiger partial charge in [0, 0.05) is 0 Å². The molecule has 0 unspecified atom stereocenters. The summed E-state index contributed by atoms with van der Waals surface area (Å²) < 4.78 is 51.0. The Morgan fingerprint density at radius 3 is 0.660 bits per heavy atom. The molecule has 1 N–H and O–H groups in total. The molecule has 0 aliphatic heterocycles. The van der Waals surface area contributed by atoms with Gasteiger partial charge in [-0.25, -0.2) is 0 Å². The minimum atomic E-state index is -4.00. The van der Waals surface area contributed by atoms with Crippen LogP contribution in [0.15, 0.2) is 18.1 Å². The van der Waals surface area contributed by atoms with Crippen molar-refractivity contribution in [2.75, 3.05) is 175 Å². The number of aliphatic hydroxyl groups excluding tert-OH is 1. The Hall–Kier alpha value is 0.830. The van der Waals surface area contributed by atoms with Crippen molar-refractivity contribution in [2.45, 2.75) is 0 Å². The van der Waals surface area contributed by atoms with Crippen LogP contribution in [-0.2, 0) is 0 Å². The fraction of sp³-hybridized carbons (Fsp3) is 1.00. The summed E-state index contributed by atoms with van der Waals surface area (Å²) in [5.74, 6) is 0. The normalized spacial score (nSPS) is 15.1. The molecular formula is C25H75N16OP5. The van der Waals surface area contributed by atoms with E-state index in [4.69, 9.17) is 18.1 Å². The first kappa shape index (κ1) is 47.8. The fourth-order valence-electron chi connectivity index (χ4n) is 6.37. The van der Waals surface area contributed by atoms with Crippen LogP contribution in [0.1, 0.15) is 0 Å². The van der Waals surface area contributed by atoms with Crippen LogP contribution >= 0.6 is 37.9 Å². The molecule has 0 aromatic rings. The Bertz CT molecular complexity index is 1010. The van der Waals surface area contributed by atoms with Crippen LogP contribution < -0.4 is 0 Å². The number of nitrogens with zero attached hydrogens (tertiary/aromatic N) is 16. The van der Waals surface area contributed by atoms with Gasteiger partial charge in [-0.05, 0) is 0 Å². The van der Waals surface area contributed by atoms with Gasteiger partial charge in [0.1, 0.15) is 0 Å². The van der Waals surface area contributed by atoms with Crippen LogP contribution in [0.4, 0.5) is 0 Å². The Labute approximate surface area is 291 Å². The van der Waals surface area contributed by atoms with Gasteiger partial charge in [-0.1, -0.05) is 0 Å². The van der Waals surface area contributed by atoms with Gasteiger partial charge in [0.25, 0.3) is 0 Å². The molecule has 0 atom stereocenters. The van der Waals surface area contributed by atoms with Crippen LogP contribution in [0.3, 0.4) is 0 Å². The molecule has 0 bridgehead atoms. The van der Waals surface area contributed by atoms with Gasteiger partial charge >= 0.3 is 292 Å². The molecule has 22 heteroatoms. The molecule has 286 valence electrons. The summed E-state index contributed by atoms with van der Waals surface area (Å²) in [4.78, 5) is 0. The summed E-state index contributed by atoms with van der Waals surface area (Å²) in [5.41, 5.74) is 0. The van der Waals surface area contributed by atoms with Crippen molar-refractivity contribution < 1.29 is 5.11 Å². The maximum atomic E-state index is 10.3. The number of rotatable bonds is 18. The first-order valence-corrected chi connectivity index (χ1v) is 23.7. The number of hydrogen-bond acceptors (Lipinski definition) is 5. The second kappa shape index (κ2) is 18.5. The van der Waals surface area contributed by atoms with Crippen molar-refractivity contribution in [3.8, 4) is 0 Å². The van der Waals surface area contributed by atoms with E-state index in [1.54, 1.807) is 0 Å². The molecule has 0 aromatic carbocycles. The third kappa shape index (κ3) is 9.44. The summed E-state index contributed by atoms with van der Waals surface area (Å²) in [7, 11) is 33.2. The third-order valence-corrected chi connectivity index (χ3v) is 29.4. The quantitative estimate of drug-likeness (QED) is 0.201. The first-order chi connectivity index (χ1) is 21.2. The molecule has 0 spiro atoms. The van der Waals surface area contributed by atoms with E-state index < -0.39 is 37.9 Å². The first-order valence-electron chi connectivity index (χ1n) is 15.5. The van der Waals surface area contributed by atoms with Gasteiger partial charge in [0.05, 0.1) is 0 Å². The molecular weight excluding hydrogens is 695 g/mol. The topological polar surface area (TPSA) is 109 Å². The van der Waals surface area contributed by atoms with Crippen LogP contribution in [0.2, 0.25) is 0 Å². The molecule has 47 heavy (non-hydrogen) atoms. The third-order valence-electron chi connectivity index (χ3n) is 7.86. The Balaban J connectivity index is 10.3. The summed E-state index contributed by atoms with van der Waals surface area (Å²) >= 11 is 0. The van der Waals surface area contributed by atoms with Gasteiger partial charge < -0.3 is 0 Å². The zero-order valence-corrected chi connectivity index (χ0v) is 38.9. The van der Waals surface area contributed by atoms with Crippen molar-refractivity contribution in [1.82, 2.24) is 56.0 Å². The average molecular weight is 771 g/mol. The van der Waals surface area contributed by atoms with Gasteiger partial charge in [-0.15, -0.1) is 0 Å². The molecule has 0 radical (unpaired) electrons. The molecule has 17 nitrogen and oxygen atoms in total. The molecule has 0 saturated carbocycles. The van der Waals surface area contributed by atoms with E-state index >= 15 is 0 Å². The summed E-state index contributed by atoms with van der Waals surface area (Å²) in [6, 6.07) is 0. The summed E-state index contributed by atoms with van der Waals surface area (Å²) in [6.07, 6.45) is 0. The molecule has 0 saturated heterocycles. The van der Waals surface area contributed by atoms with Gasteiger partial charge in [0.2, 0.25) is 0 Å². The second-order valence-corrected chi connectivity index (χ2v) is 31.7. The molecule has 0 aliphatic carbocycles. The molecule has 0 amide bonds. The molecule has 0 fully saturated rings. The van der Waals surface area contributed by atoms with Crippen molar-refractivity contribution in [3.63, 3.8) is 0 Å². The predicted molar refractivity (Wildman–Crippen MR) is 216 cm³/mol. The maximum absolute atomic E-state index is 10.3. The monoisotopic (exact) mass is 770 g/mol. The minimum absolute atomic E-state index is 0.00642. The summed E-state index contributed by atoms with van der Waals surface area (Å²) in [5, 5.41) is 10.3. The number of hydrogen-bond donors (Lipinski definition) is 1.